The van der Waals surface area contributed by atoms with Gasteiger partial charge in [0.05, 0.1) is 29.8 Å². The van der Waals surface area contributed by atoms with E-state index in [-0.39, 0.29) is 25.7 Å². The number of hydrogen-bond acceptors (Lipinski definition) is 12. The first-order valence-electron chi connectivity index (χ1n) is 30.9. The Kier molecular flexibility index (Phi) is 56.1. The van der Waals surface area contributed by atoms with Crippen LogP contribution in [0.25, 0.3) is 0 Å². The van der Waals surface area contributed by atoms with Crippen molar-refractivity contribution in [2.75, 3.05) is 0 Å². The molecule has 0 aromatic carbocycles. The maximum absolute atomic E-state index is 10.9. The molecule has 440 valence electrons. The van der Waals surface area contributed by atoms with Gasteiger partial charge in [-0.15, -0.1) is 0 Å². The third-order valence-corrected chi connectivity index (χ3v) is 17.2. The zero-order chi connectivity index (χ0) is 53.9. The molecule has 0 aromatic heterocycles. The summed E-state index contributed by atoms with van der Waals surface area (Å²) < 4.78 is 25.1. The second kappa shape index (κ2) is 55.2. The Morgan fingerprint density at radius 1 is 0.219 bits per heavy atom. The van der Waals surface area contributed by atoms with Crippen LogP contribution in [0.2, 0.25) is 0 Å². The third kappa shape index (κ3) is 42.8. The minimum absolute atomic E-state index is 0.281. The summed E-state index contributed by atoms with van der Waals surface area (Å²) in [6, 6.07) is 0. The van der Waals surface area contributed by atoms with Gasteiger partial charge >= 0.3 is 34.4 Å². The topological polar surface area (TPSA) is 199 Å². The second-order valence-corrected chi connectivity index (χ2v) is 24.5. The molecular formula is C57H120O12P4. The molecule has 0 fully saturated rings. The Bertz CT molecular complexity index is 935. The van der Waals surface area contributed by atoms with Crippen molar-refractivity contribution in [3.05, 3.63) is 0 Å². The molecule has 0 heterocycles. The predicted octanol–water partition coefficient (Wildman–Crippen LogP) is 19.2. The van der Waals surface area contributed by atoms with Crippen LogP contribution < -0.4 is 0 Å². The first kappa shape index (κ1) is 74.2. The molecule has 0 aromatic rings. The van der Waals surface area contributed by atoms with Gasteiger partial charge in [0.25, 0.3) is 0 Å². The Morgan fingerprint density at radius 3 is 0.466 bits per heavy atom. The molecule has 0 bridgehead atoms. The summed E-state index contributed by atoms with van der Waals surface area (Å²) in [6.07, 6.45) is 45.4. The molecule has 0 rings (SSSR count). The summed E-state index contributed by atoms with van der Waals surface area (Å²) >= 11 is 0. The average molecular weight is 1120 g/mol. The van der Waals surface area contributed by atoms with E-state index < -0.39 is 64.2 Å². The van der Waals surface area contributed by atoms with Crippen LogP contribution in [-0.2, 0) is 18.1 Å². The van der Waals surface area contributed by atoms with Crippen LogP contribution in [0, 0.1) is 5.41 Å². The van der Waals surface area contributed by atoms with Crippen molar-refractivity contribution in [3.63, 3.8) is 0 Å². The van der Waals surface area contributed by atoms with Gasteiger partial charge in [-0.25, -0.2) is 0 Å². The van der Waals surface area contributed by atoms with Crippen molar-refractivity contribution in [1.29, 1.82) is 0 Å². The molecule has 16 heteroatoms. The smallest absolute Gasteiger partial charge is 0.327 e. The van der Waals surface area contributed by atoms with Crippen LogP contribution in [0.1, 0.15) is 336 Å². The van der Waals surface area contributed by atoms with Gasteiger partial charge in [-0.2, -0.15) is 0 Å². The lowest BCUT2D eigenvalue weighted by Gasteiger charge is -2.53. The normalized spacial score (nSPS) is 14.8. The predicted molar refractivity (Wildman–Crippen MR) is 312 cm³/mol. The van der Waals surface area contributed by atoms with Gasteiger partial charge in [-0.3, -0.25) is 0 Å². The molecule has 73 heavy (non-hydrogen) atoms. The molecule has 8 N–H and O–H groups in total. The van der Waals surface area contributed by atoms with Crippen LogP contribution in [0.3, 0.4) is 0 Å². The summed E-state index contributed by atoms with van der Waals surface area (Å²) in [7, 11) is -12.0. The standard InChI is InChI=1S/C57H120O12P4/c1-5-9-13-17-21-25-29-33-37-41-45-49-53(66-70(58)59)57(54(67-71(60)61)50-46-42-38-34-30-26-22-18-14-10-6-2,55(68-72(62)63)51-47-43-39-35-31-27-23-19-15-11-7-3)56(69-73(64)65)52-48-44-40-36-32-28-24-20-16-12-8-4/h53-56,58-65H,5-52H2,1-4H3. The molecule has 12 nitrogen and oxygen atoms in total. The molecule has 0 aliphatic rings. The van der Waals surface area contributed by atoms with E-state index in [2.05, 4.69) is 27.7 Å². The van der Waals surface area contributed by atoms with Crippen molar-refractivity contribution >= 4 is 34.4 Å². The number of rotatable bonds is 60. The van der Waals surface area contributed by atoms with Crippen LogP contribution in [0.5, 0.6) is 0 Å². The first-order valence-corrected chi connectivity index (χ1v) is 35.5. The van der Waals surface area contributed by atoms with Crippen LogP contribution in [-0.4, -0.2) is 63.6 Å². The van der Waals surface area contributed by atoms with Crippen molar-refractivity contribution in [2.24, 2.45) is 5.41 Å². The average Bonchev–Trinajstić information content (AvgIpc) is 3.34. The van der Waals surface area contributed by atoms with Crippen LogP contribution in [0.4, 0.5) is 0 Å². The summed E-state index contributed by atoms with van der Waals surface area (Å²) in [4.78, 5) is 87.0. The number of hydrogen-bond donors (Lipinski definition) is 8. The molecule has 4 atom stereocenters. The van der Waals surface area contributed by atoms with E-state index in [0.717, 1.165) is 103 Å². The van der Waals surface area contributed by atoms with Crippen molar-refractivity contribution in [2.45, 2.75) is 360 Å². The van der Waals surface area contributed by atoms with Gasteiger partial charge in [-0.1, -0.05) is 310 Å². The highest BCUT2D eigenvalue weighted by Gasteiger charge is 2.60. The van der Waals surface area contributed by atoms with Crippen LogP contribution in [0.15, 0.2) is 0 Å². The van der Waals surface area contributed by atoms with Gasteiger partial charge in [0.2, 0.25) is 0 Å². The molecular weight excluding hydrogens is 1000 g/mol. The van der Waals surface area contributed by atoms with Crippen molar-refractivity contribution in [1.82, 2.24) is 0 Å². The van der Waals surface area contributed by atoms with Gasteiger partial charge < -0.3 is 57.2 Å². The monoisotopic (exact) mass is 1120 g/mol. The molecule has 4 unspecified atom stereocenters. The molecule has 0 saturated heterocycles. The summed E-state index contributed by atoms with van der Waals surface area (Å²) in [5.41, 5.74) is -1.65. The minimum atomic E-state index is -2.99. The third-order valence-electron chi connectivity index (χ3n) is 15.4. The minimum Gasteiger partial charge on any atom is -0.328 e. The Hall–Kier alpha value is 1.24. The van der Waals surface area contributed by atoms with E-state index in [1.807, 2.05) is 0 Å². The SMILES string of the molecule is CCCCCCCCCCCCCC(OP(O)O)C(C(CCCCCCCCCCCCC)OP(O)O)(C(CCCCCCCCCCCCC)OP(O)O)C(CCCCCCCCCCCCC)OP(O)O. The maximum Gasteiger partial charge on any atom is 0.327 e. The van der Waals surface area contributed by atoms with E-state index in [9.17, 15) is 39.1 Å². The molecule has 0 saturated carbocycles. The van der Waals surface area contributed by atoms with E-state index >= 15 is 0 Å². The lowest BCUT2D eigenvalue weighted by molar-refractivity contribution is -0.179. The van der Waals surface area contributed by atoms with Gasteiger partial charge in [0.15, 0.2) is 0 Å². The Balaban J connectivity index is 7.09. The lowest BCUT2D eigenvalue weighted by atomic mass is 9.63. The highest BCUT2D eigenvalue weighted by Crippen LogP contribution is 2.56. The summed E-state index contributed by atoms with van der Waals surface area (Å²) in [5, 5.41) is 0. The quantitative estimate of drug-likeness (QED) is 0.0212. The number of unbranched alkanes of at least 4 members (excludes halogenated alkanes) is 40. The summed E-state index contributed by atoms with van der Waals surface area (Å²) in [5.74, 6) is 0. The Morgan fingerprint density at radius 2 is 0.342 bits per heavy atom. The van der Waals surface area contributed by atoms with Crippen LogP contribution >= 0.6 is 34.4 Å². The lowest BCUT2D eigenvalue weighted by Crippen LogP contribution is -2.62. The van der Waals surface area contributed by atoms with Gasteiger partial charge in [0, 0.05) is 0 Å². The summed E-state index contributed by atoms with van der Waals surface area (Å²) in [6.45, 7) is 8.94. The highest BCUT2D eigenvalue weighted by atomic mass is 31.2. The zero-order valence-electron chi connectivity index (χ0n) is 47.8. The molecule has 0 radical (unpaired) electrons. The highest BCUT2D eigenvalue weighted by molar-refractivity contribution is 7.40. The van der Waals surface area contributed by atoms with E-state index in [0.29, 0.717) is 25.7 Å². The Labute approximate surface area is 455 Å². The fraction of sp³-hybridized carbons (Fsp3) is 1.00. The van der Waals surface area contributed by atoms with E-state index in [4.69, 9.17) is 18.1 Å². The van der Waals surface area contributed by atoms with E-state index in [1.54, 1.807) is 0 Å². The second-order valence-electron chi connectivity index (χ2n) is 21.7. The zero-order valence-corrected chi connectivity index (χ0v) is 51.3. The molecule has 0 spiro atoms. The van der Waals surface area contributed by atoms with Crippen molar-refractivity contribution < 1.29 is 57.2 Å². The molecule has 0 aliphatic heterocycles. The van der Waals surface area contributed by atoms with E-state index in [1.165, 1.54) is 154 Å². The fourth-order valence-corrected chi connectivity index (χ4v) is 13.3. The van der Waals surface area contributed by atoms with Gasteiger partial charge in [0.1, 0.15) is 0 Å². The first-order chi connectivity index (χ1) is 35.5. The maximum atomic E-state index is 10.9. The largest absolute Gasteiger partial charge is 0.328 e. The molecule has 0 amide bonds. The van der Waals surface area contributed by atoms with Crippen molar-refractivity contribution in [3.8, 4) is 0 Å². The fourth-order valence-electron chi connectivity index (χ4n) is 11.3. The van der Waals surface area contributed by atoms with Gasteiger partial charge in [-0.05, 0) is 25.7 Å². The molecule has 0 aliphatic carbocycles.